The molecular formula is C9H5BrCl2F3N. The molecule has 0 atom stereocenters. The molecule has 88 valence electrons. The summed E-state index contributed by atoms with van der Waals surface area (Å²) < 4.78 is 36.5. The fourth-order valence-electron chi connectivity index (χ4n) is 0.923. The lowest BCUT2D eigenvalue weighted by Gasteiger charge is -2.06. The van der Waals surface area contributed by atoms with Gasteiger partial charge in [-0.15, -0.1) is 0 Å². The summed E-state index contributed by atoms with van der Waals surface area (Å²) in [4.78, 5) is 3.30. The highest BCUT2D eigenvalue weighted by atomic mass is 79.9. The molecule has 7 heteroatoms. The molecule has 1 aromatic rings. The Kier molecular flexibility index (Phi) is 4.64. The smallest absolute Gasteiger partial charge is 0.232 e. The Morgan fingerprint density at radius 2 is 2.00 bits per heavy atom. The van der Waals surface area contributed by atoms with Crippen LogP contribution in [-0.4, -0.2) is 11.3 Å². The van der Waals surface area contributed by atoms with Crippen molar-refractivity contribution in [1.29, 1.82) is 0 Å². The molecule has 1 rings (SSSR count). The summed E-state index contributed by atoms with van der Waals surface area (Å²) in [6, 6.07) is 4.47. The predicted octanol–water partition coefficient (Wildman–Crippen LogP) is 5.07. The molecule has 0 aliphatic carbocycles. The van der Waals surface area contributed by atoms with Crippen molar-refractivity contribution in [3.8, 4) is 0 Å². The van der Waals surface area contributed by atoms with Crippen LogP contribution in [0.25, 0.3) is 0 Å². The van der Waals surface area contributed by atoms with Gasteiger partial charge in [-0.05, 0) is 17.7 Å². The van der Waals surface area contributed by atoms with E-state index in [4.69, 9.17) is 23.2 Å². The van der Waals surface area contributed by atoms with Crippen molar-refractivity contribution < 1.29 is 13.2 Å². The van der Waals surface area contributed by atoms with E-state index in [1.807, 2.05) is 0 Å². The molecule has 0 spiro atoms. The van der Waals surface area contributed by atoms with Crippen LogP contribution >= 0.6 is 39.1 Å². The van der Waals surface area contributed by atoms with E-state index >= 15 is 0 Å². The van der Waals surface area contributed by atoms with Crippen molar-refractivity contribution in [2.45, 2.75) is 11.5 Å². The molecular weight excluding hydrogens is 330 g/mol. The maximum Gasteiger partial charge on any atom is 0.444 e. The lowest BCUT2D eigenvalue weighted by Crippen LogP contribution is -2.16. The van der Waals surface area contributed by atoms with Crippen LogP contribution in [0.1, 0.15) is 5.56 Å². The summed E-state index contributed by atoms with van der Waals surface area (Å²) in [6.45, 7) is 0. The van der Waals surface area contributed by atoms with Gasteiger partial charge in [0, 0.05) is 10.4 Å². The Balaban J connectivity index is 3.18. The molecule has 0 heterocycles. The molecule has 0 fully saturated rings. The summed E-state index contributed by atoms with van der Waals surface area (Å²) in [6.07, 6.45) is -4.65. The fourth-order valence-corrected chi connectivity index (χ4v) is 1.65. The molecule has 0 amide bonds. The molecule has 0 radical (unpaired) electrons. The predicted molar refractivity (Wildman–Crippen MR) is 63.1 cm³/mol. The Labute approximate surface area is 108 Å². The molecule has 16 heavy (non-hydrogen) atoms. The number of hydrogen-bond donors (Lipinski definition) is 0. The number of aliphatic imine (C=N–C) groups is 1. The maximum atomic E-state index is 12.2. The fraction of sp³-hybridized carbons (Fsp3) is 0.222. The molecule has 1 nitrogen and oxygen atoms in total. The molecule has 0 unspecified atom stereocenters. The van der Waals surface area contributed by atoms with Crippen molar-refractivity contribution in [2.75, 3.05) is 0 Å². The maximum absolute atomic E-state index is 12.2. The van der Waals surface area contributed by atoms with Gasteiger partial charge in [-0.2, -0.15) is 13.2 Å². The van der Waals surface area contributed by atoms with Gasteiger partial charge in [0.15, 0.2) is 0 Å². The van der Waals surface area contributed by atoms with Crippen LogP contribution < -0.4 is 0 Å². The van der Waals surface area contributed by atoms with Gasteiger partial charge in [-0.3, -0.25) is 0 Å². The third kappa shape index (κ3) is 3.64. The van der Waals surface area contributed by atoms with Crippen molar-refractivity contribution in [2.24, 2.45) is 4.99 Å². The van der Waals surface area contributed by atoms with Gasteiger partial charge in [0.2, 0.25) is 5.17 Å². The number of hydrogen-bond acceptors (Lipinski definition) is 1. The van der Waals surface area contributed by atoms with Gasteiger partial charge in [0.25, 0.3) is 0 Å². The Bertz CT molecular complexity index is 418. The van der Waals surface area contributed by atoms with E-state index < -0.39 is 11.3 Å². The van der Waals surface area contributed by atoms with Crippen LogP contribution in [0.15, 0.2) is 23.2 Å². The summed E-state index contributed by atoms with van der Waals surface area (Å²) in [7, 11) is 0. The first kappa shape index (κ1) is 13.8. The largest absolute Gasteiger partial charge is 0.444 e. The van der Waals surface area contributed by atoms with Crippen LogP contribution in [0.5, 0.6) is 0 Å². The second-order valence-electron chi connectivity index (χ2n) is 2.81. The quantitative estimate of drug-likeness (QED) is 0.529. The minimum absolute atomic E-state index is 0.103. The van der Waals surface area contributed by atoms with E-state index in [-0.39, 0.29) is 5.69 Å². The number of benzene rings is 1. The molecule has 0 saturated heterocycles. The third-order valence-electron chi connectivity index (χ3n) is 1.64. The second kappa shape index (κ2) is 5.38. The van der Waals surface area contributed by atoms with Gasteiger partial charge < -0.3 is 0 Å². The standard InChI is InChI=1S/C9H5BrCl2F3N/c10-4-5-1-2-6(11)3-7(5)16-8(12)9(13,14)15/h1-3H,4H2. The average molecular weight is 335 g/mol. The Hall–Kier alpha value is -0.260. The van der Waals surface area contributed by atoms with Gasteiger partial charge in [0.1, 0.15) is 0 Å². The molecule has 0 saturated carbocycles. The zero-order chi connectivity index (χ0) is 12.3. The second-order valence-corrected chi connectivity index (χ2v) is 4.16. The lowest BCUT2D eigenvalue weighted by atomic mass is 10.2. The van der Waals surface area contributed by atoms with Crippen LogP contribution in [0, 0.1) is 0 Å². The van der Waals surface area contributed by atoms with Crippen molar-refractivity contribution >= 4 is 50.0 Å². The summed E-state index contributed by atoms with van der Waals surface area (Å²) in [5.74, 6) is 0. The van der Waals surface area contributed by atoms with Crippen LogP contribution in [0.4, 0.5) is 18.9 Å². The van der Waals surface area contributed by atoms with E-state index in [9.17, 15) is 13.2 Å². The minimum Gasteiger partial charge on any atom is -0.232 e. The Morgan fingerprint density at radius 3 is 2.50 bits per heavy atom. The van der Waals surface area contributed by atoms with E-state index in [1.54, 1.807) is 12.1 Å². The van der Waals surface area contributed by atoms with Crippen LogP contribution in [0.2, 0.25) is 5.02 Å². The lowest BCUT2D eigenvalue weighted by molar-refractivity contribution is -0.0558. The van der Waals surface area contributed by atoms with Crippen molar-refractivity contribution in [3.05, 3.63) is 28.8 Å². The summed E-state index contributed by atoms with van der Waals surface area (Å²) in [5.41, 5.74) is 0.679. The SMILES string of the molecule is FC(F)(F)C(Cl)=Nc1cc(Cl)ccc1CBr. The van der Waals surface area contributed by atoms with Gasteiger partial charge in [-0.1, -0.05) is 45.2 Å². The molecule has 0 aliphatic rings. The molecule has 0 aromatic heterocycles. The van der Waals surface area contributed by atoms with E-state index in [1.165, 1.54) is 6.07 Å². The molecule has 0 aliphatic heterocycles. The number of nitrogens with zero attached hydrogens (tertiary/aromatic N) is 1. The third-order valence-corrected chi connectivity index (χ3v) is 2.78. The number of alkyl halides is 4. The first-order valence-corrected chi connectivity index (χ1v) is 5.88. The minimum atomic E-state index is -4.65. The monoisotopic (exact) mass is 333 g/mol. The first-order chi connectivity index (χ1) is 7.34. The van der Waals surface area contributed by atoms with E-state index in [0.29, 0.717) is 15.9 Å². The van der Waals surface area contributed by atoms with E-state index in [2.05, 4.69) is 20.9 Å². The average Bonchev–Trinajstić information content (AvgIpc) is 2.16. The summed E-state index contributed by atoms with van der Waals surface area (Å²) in [5, 5.41) is -0.752. The number of halogens is 6. The Morgan fingerprint density at radius 1 is 1.38 bits per heavy atom. The van der Waals surface area contributed by atoms with Gasteiger partial charge in [0.05, 0.1) is 5.69 Å². The highest BCUT2D eigenvalue weighted by molar-refractivity contribution is 9.08. The van der Waals surface area contributed by atoms with Gasteiger partial charge >= 0.3 is 6.18 Å². The number of rotatable bonds is 2. The normalized spacial score (nSPS) is 13.0. The van der Waals surface area contributed by atoms with E-state index in [0.717, 1.165) is 0 Å². The molecule has 1 aromatic carbocycles. The van der Waals surface area contributed by atoms with Gasteiger partial charge in [-0.25, -0.2) is 4.99 Å². The van der Waals surface area contributed by atoms with Crippen molar-refractivity contribution in [3.63, 3.8) is 0 Å². The highest BCUT2D eigenvalue weighted by Crippen LogP contribution is 2.29. The van der Waals surface area contributed by atoms with Crippen molar-refractivity contribution in [1.82, 2.24) is 0 Å². The van der Waals surface area contributed by atoms with Crippen LogP contribution in [0.3, 0.4) is 0 Å². The van der Waals surface area contributed by atoms with Crippen LogP contribution in [-0.2, 0) is 5.33 Å². The highest BCUT2D eigenvalue weighted by Gasteiger charge is 2.34. The summed E-state index contributed by atoms with van der Waals surface area (Å²) >= 11 is 13.8. The molecule has 0 N–H and O–H groups in total. The zero-order valence-electron chi connectivity index (χ0n) is 7.65. The zero-order valence-corrected chi connectivity index (χ0v) is 10.8. The topological polar surface area (TPSA) is 12.4 Å². The molecule has 0 bridgehead atoms. The first-order valence-electron chi connectivity index (χ1n) is 4.00.